The maximum absolute atomic E-state index is 11.0. The number of carboxylic acid groups (broad SMARTS) is 1. The number of aromatic nitrogens is 2. The van der Waals surface area contributed by atoms with Gasteiger partial charge in [0.1, 0.15) is 42.9 Å². The third-order valence-corrected chi connectivity index (χ3v) is 4.46. The van der Waals surface area contributed by atoms with E-state index < -0.39 is 22.5 Å². The Morgan fingerprint density at radius 1 is 1.15 bits per heavy atom. The van der Waals surface area contributed by atoms with Gasteiger partial charge >= 0.3 is 5.97 Å². The van der Waals surface area contributed by atoms with Crippen molar-refractivity contribution in [2.24, 2.45) is 0 Å². The van der Waals surface area contributed by atoms with Crippen molar-refractivity contribution in [3.63, 3.8) is 0 Å². The van der Waals surface area contributed by atoms with Crippen LogP contribution < -0.4 is 5.32 Å². The van der Waals surface area contributed by atoms with Crippen molar-refractivity contribution < 1.29 is 25.2 Å². The summed E-state index contributed by atoms with van der Waals surface area (Å²) >= 11 is 6.16. The van der Waals surface area contributed by atoms with Gasteiger partial charge in [0.25, 0.3) is 0 Å². The number of hydrogen-bond donors (Lipinski definition) is 6. The van der Waals surface area contributed by atoms with Gasteiger partial charge in [-0.25, -0.2) is 9.78 Å². The molecule has 0 fully saturated rings. The Labute approximate surface area is 158 Å². The molecule has 0 radical (unpaired) electrons. The number of aromatic amines is 1. The zero-order chi connectivity index (χ0) is 19.9. The van der Waals surface area contributed by atoms with Crippen LogP contribution >= 0.6 is 11.6 Å². The van der Waals surface area contributed by atoms with Crippen molar-refractivity contribution in [3.05, 3.63) is 35.2 Å². The summed E-state index contributed by atoms with van der Waals surface area (Å²) in [6, 6.07) is 2.89. The van der Waals surface area contributed by atoms with E-state index in [9.17, 15) is 20.1 Å². The molecule has 0 saturated heterocycles. The summed E-state index contributed by atoms with van der Waals surface area (Å²) in [7, 11) is 5.39. The molecule has 0 saturated carbocycles. The number of anilines is 1. The molecule has 2 rings (SSSR count). The minimum absolute atomic E-state index is 0.00752. The van der Waals surface area contributed by atoms with Crippen LogP contribution in [0.1, 0.15) is 10.5 Å². The normalized spacial score (nSPS) is 12.8. The lowest BCUT2D eigenvalue weighted by Crippen LogP contribution is -2.73. The maximum Gasteiger partial charge on any atom is 0.352 e. The summed E-state index contributed by atoms with van der Waals surface area (Å²) in [6.07, 6.45) is 2.80. The summed E-state index contributed by atoms with van der Waals surface area (Å²) < 4.78 is 0. The Morgan fingerprint density at radius 3 is 2.19 bits per heavy atom. The van der Waals surface area contributed by atoms with Gasteiger partial charge < -0.3 is 30.7 Å². The Bertz CT molecular complexity index is 820. The van der Waals surface area contributed by atoms with Gasteiger partial charge in [0.15, 0.2) is 5.72 Å². The van der Waals surface area contributed by atoms with Gasteiger partial charge in [-0.1, -0.05) is 11.6 Å². The van der Waals surface area contributed by atoms with Crippen LogP contribution in [0.15, 0.2) is 24.5 Å². The van der Waals surface area contributed by atoms with Gasteiger partial charge in [0, 0.05) is 34.3 Å². The van der Waals surface area contributed by atoms with Crippen molar-refractivity contribution in [2.75, 3.05) is 5.32 Å². The lowest BCUT2D eigenvalue weighted by molar-refractivity contribution is -0.105. The molecule has 134 valence electrons. The first-order chi connectivity index (χ1) is 11.8. The van der Waals surface area contributed by atoms with Crippen LogP contribution in [0.25, 0.3) is 11.1 Å². The summed E-state index contributed by atoms with van der Waals surface area (Å²) in [6.45, 7) is 0. The number of hydrogen-bond acceptors (Lipinski definition) is 6. The topological polar surface area (TPSA) is 139 Å². The van der Waals surface area contributed by atoms with E-state index in [1.165, 1.54) is 55.9 Å². The molecule has 2 aromatic rings. The monoisotopic (exact) mass is 375 g/mol. The third kappa shape index (κ3) is 3.78. The first-order valence-electron chi connectivity index (χ1n) is 7.79. The van der Waals surface area contributed by atoms with Crippen LogP contribution in [0.3, 0.4) is 0 Å². The first-order valence-corrected chi connectivity index (χ1v) is 8.17. The minimum Gasteiger partial charge on any atom is -0.477 e. The minimum atomic E-state index is -2.14. The lowest BCUT2D eigenvalue weighted by Gasteiger charge is -2.48. The molecular weight excluding hydrogens is 357 g/mol. The number of halogens is 1. The number of aliphatic hydroxyl groups is 3. The van der Waals surface area contributed by atoms with Crippen molar-refractivity contribution in [1.82, 2.24) is 9.97 Å². The molecule has 0 bridgehead atoms. The molecular formula is C13H18B4ClN3O5. The zero-order valence-corrected chi connectivity index (χ0v) is 15.6. The molecule has 0 spiro atoms. The van der Waals surface area contributed by atoms with Crippen molar-refractivity contribution in [2.45, 2.75) is 16.5 Å². The van der Waals surface area contributed by atoms with Crippen molar-refractivity contribution in [3.8, 4) is 11.1 Å². The second-order valence-electron chi connectivity index (χ2n) is 7.11. The maximum atomic E-state index is 11.0. The summed E-state index contributed by atoms with van der Waals surface area (Å²) in [5.41, 5.74) is -1.18. The number of carbonyl (C=O) groups is 1. The molecule has 0 aliphatic rings. The molecule has 0 atom stereocenters. The molecule has 6 N–H and O–H groups in total. The number of pyridine rings is 1. The van der Waals surface area contributed by atoms with E-state index in [0.717, 1.165) is 0 Å². The summed E-state index contributed by atoms with van der Waals surface area (Å²) in [4.78, 5) is 17.7. The molecule has 2 heterocycles. The molecule has 0 aliphatic heterocycles. The Morgan fingerprint density at radius 2 is 1.73 bits per heavy atom. The number of rotatable bonds is 6. The van der Waals surface area contributed by atoms with Crippen LogP contribution in [0.2, 0.25) is 5.02 Å². The van der Waals surface area contributed by atoms with Crippen molar-refractivity contribution >= 4 is 54.8 Å². The van der Waals surface area contributed by atoms with E-state index in [0.29, 0.717) is 11.1 Å². The highest BCUT2D eigenvalue weighted by atomic mass is 35.5. The standard InChI is InChI=1S/C13H18B4ClN3O5/c14-12(15,25)11(24,13(16,17)26)21-9-2-6(7(18)4-20-9)5-1-8(10(22)23)19-3-5/h1-4,19,24-26H,14-17H2,(H,20,21)(H,22,23). The third-order valence-electron chi connectivity index (χ3n) is 4.16. The second-order valence-corrected chi connectivity index (χ2v) is 7.52. The van der Waals surface area contributed by atoms with Crippen LogP contribution in [0.5, 0.6) is 0 Å². The van der Waals surface area contributed by atoms with Gasteiger partial charge in [-0.3, -0.25) is 0 Å². The number of H-pyrrole nitrogens is 1. The summed E-state index contributed by atoms with van der Waals surface area (Å²) in [5.74, 6) is -0.979. The van der Waals surface area contributed by atoms with Gasteiger partial charge in [-0.2, -0.15) is 0 Å². The predicted molar refractivity (Wildman–Crippen MR) is 109 cm³/mol. The van der Waals surface area contributed by atoms with Gasteiger partial charge in [-0.05, 0) is 12.1 Å². The highest BCUT2D eigenvalue weighted by Crippen LogP contribution is 2.33. The smallest absolute Gasteiger partial charge is 0.352 e. The summed E-state index contributed by atoms with van der Waals surface area (Å²) in [5, 5.41) is 40.1. The fourth-order valence-corrected chi connectivity index (χ4v) is 2.85. The fourth-order valence-electron chi connectivity index (χ4n) is 2.64. The van der Waals surface area contributed by atoms with E-state index in [4.69, 9.17) is 16.7 Å². The predicted octanol–water partition coefficient (Wildman–Crippen LogP) is -3.65. The highest BCUT2D eigenvalue weighted by Gasteiger charge is 2.52. The lowest BCUT2D eigenvalue weighted by atomic mass is 9.46. The zero-order valence-electron chi connectivity index (χ0n) is 14.8. The van der Waals surface area contributed by atoms with E-state index in [1.807, 2.05) is 0 Å². The van der Waals surface area contributed by atoms with Gasteiger partial charge in [-0.15, -0.1) is 0 Å². The molecule has 0 amide bonds. The van der Waals surface area contributed by atoms with Crippen LogP contribution in [0.4, 0.5) is 5.82 Å². The van der Waals surface area contributed by atoms with Crippen LogP contribution in [0, 0.1) is 0 Å². The number of nitrogens with zero attached hydrogens (tertiary/aromatic N) is 1. The number of carboxylic acids is 1. The quantitative estimate of drug-likeness (QED) is 0.226. The molecule has 2 aromatic heterocycles. The number of nitrogens with one attached hydrogen (secondary N) is 2. The SMILES string of the molecule is BC(B)(O)C(O)(Nc1cc(-c2c[nH]c(C(=O)O)c2)c(Cl)cn1)C(B)(B)O. The van der Waals surface area contributed by atoms with E-state index in [-0.39, 0.29) is 16.5 Å². The molecule has 8 nitrogen and oxygen atoms in total. The Balaban J connectivity index is 2.47. The second kappa shape index (κ2) is 6.70. The molecule has 0 unspecified atom stereocenters. The largest absolute Gasteiger partial charge is 0.477 e. The molecule has 13 heteroatoms. The first kappa shape index (κ1) is 20.4. The van der Waals surface area contributed by atoms with Gasteiger partial charge in [0.2, 0.25) is 0 Å². The molecule has 0 aliphatic carbocycles. The Hall–Kier alpha value is -1.87. The average Bonchev–Trinajstić information content (AvgIpc) is 2.96. The highest BCUT2D eigenvalue weighted by molar-refractivity contribution is 6.45. The Kier molecular flexibility index (Phi) is 5.26. The van der Waals surface area contributed by atoms with Crippen molar-refractivity contribution in [1.29, 1.82) is 0 Å². The average molecular weight is 375 g/mol. The molecule has 0 aromatic carbocycles. The van der Waals surface area contributed by atoms with E-state index >= 15 is 0 Å². The fraction of sp³-hybridized carbons (Fsp3) is 0.231. The number of aromatic carboxylic acids is 1. The van der Waals surface area contributed by atoms with Crippen LogP contribution in [-0.2, 0) is 0 Å². The van der Waals surface area contributed by atoms with E-state index in [2.05, 4.69) is 15.3 Å². The van der Waals surface area contributed by atoms with Gasteiger partial charge in [0.05, 0.1) is 5.02 Å². The van der Waals surface area contributed by atoms with Crippen LogP contribution in [-0.4, -0.2) is 84.3 Å². The van der Waals surface area contributed by atoms with E-state index in [1.54, 1.807) is 0 Å². The molecule has 26 heavy (non-hydrogen) atoms.